The molecule has 0 bridgehead atoms. The molecular weight excluding hydrogens is 453 g/mol. The Morgan fingerprint density at radius 2 is 1.85 bits per heavy atom. The number of fused-ring (bicyclic) bond motifs is 1. The summed E-state index contributed by atoms with van der Waals surface area (Å²) in [6.45, 7) is 5.69. The van der Waals surface area contributed by atoms with Crippen molar-refractivity contribution in [1.82, 2.24) is 10.3 Å². The SMILES string of the molecule is C=N/C(=C\C=C/C)NCc1ccc2cccc(NS(=O)(=O)c3ccc(C(F)(F)F)cc3)c2n1. The molecule has 33 heavy (non-hydrogen) atoms. The monoisotopic (exact) mass is 474 g/mol. The average molecular weight is 475 g/mol. The van der Waals surface area contributed by atoms with Crippen molar-refractivity contribution in [3.63, 3.8) is 0 Å². The van der Waals surface area contributed by atoms with Crippen LogP contribution >= 0.6 is 0 Å². The molecule has 0 radical (unpaired) electrons. The van der Waals surface area contributed by atoms with Crippen molar-refractivity contribution < 1.29 is 21.6 Å². The van der Waals surface area contributed by atoms with Crippen molar-refractivity contribution in [3.05, 3.63) is 89.9 Å². The van der Waals surface area contributed by atoms with Gasteiger partial charge in [0.1, 0.15) is 5.82 Å². The van der Waals surface area contributed by atoms with Crippen LogP contribution in [0.2, 0.25) is 0 Å². The van der Waals surface area contributed by atoms with Crippen LogP contribution in [0.3, 0.4) is 0 Å². The first-order valence-corrected chi connectivity index (χ1v) is 11.2. The van der Waals surface area contributed by atoms with E-state index in [-0.39, 0.29) is 10.6 Å². The smallest absolute Gasteiger partial charge is 0.364 e. The molecule has 6 nitrogen and oxygen atoms in total. The van der Waals surface area contributed by atoms with E-state index >= 15 is 0 Å². The first kappa shape index (κ1) is 24.0. The molecule has 1 heterocycles. The molecule has 0 aliphatic heterocycles. The summed E-state index contributed by atoms with van der Waals surface area (Å²) in [6.07, 6.45) is 0.843. The van der Waals surface area contributed by atoms with Gasteiger partial charge in [-0.3, -0.25) is 4.72 Å². The average Bonchev–Trinajstić information content (AvgIpc) is 2.79. The largest absolute Gasteiger partial charge is 0.416 e. The Balaban J connectivity index is 1.88. The number of aromatic nitrogens is 1. The van der Waals surface area contributed by atoms with Crippen LogP contribution in [0.5, 0.6) is 0 Å². The van der Waals surface area contributed by atoms with Crippen molar-refractivity contribution in [1.29, 1.82) is 0 Å². The van der Waals surface area contributed by atoms with Crippen molar-refractivity contribution in [2.45, 2.75) is 24.5 Å². The number of aliphatic imine (C=N–C) groups is 1. The van der Waals surface area contributed by atoms with Gasteiger partial charge in [-0.2, -0.15) is 13.2 Å². The number of pyridine rings is 1. The molecular formula is C23H21F3N4O2S. The van der Waals surface area contributed by atoms with Gasteiger partial charge in [-0.05, 0) is 56.1 Å². The van der Waals surface area contributed by atoms with Crippen molar-refractivity contribution >= 4 is 33.3 Å². The summed E-state index contributed by atoms with van der Waals surface area (Å²) in [5.41, 5.74) is 0.305. The van der Waals surface area contributed by atoms with Crippen LogP contribution in [0.15, 0.2) is 88.5 Å². The predicted molar refractivity (Wildman–Crippen MR) is 123 cm³/mol. The van der Waals surface area contributed by atoms with Gasteiger partial charge in [-0.15, -0.1) is 0 Å². The number of allylic oxidation sites excluding steroid dienone is 3. The standard InChI is InChI=1S/C23H21F3N4O2S/c1-3-4-8-21(27-2)28-15-18-12-9-16-6-5-7-20(22(16)29-18)30-33(31,32)19-13-10-17(11-14-19)23(24,25)26/h3-14,28,30H,2,15H2,1H3/b4-3-,21-8+. The molecule has 0 atom stereocenters. The molecule has 0 fully saturated rings. The number of benzene rings is 2. The molecule has 0 saturated heterocycles. The predicted octanol–water partition coefficient (Wildman–Crippen LogP) is 5.26. The third-order valence-corrected chi connectivity index (χ3v) is 5.96. The van der Waals surface area contributed by atoms with Crippen LogP contribution in [0.25, 0.3) is 10.9 Å². The minimum absolute atomic E-state index is 0.209. The van der Waals surface area contributed by atoms with Crippen LogP contribution in [0.4, 0.5) is 18.9 Å². The van der Waals surface area contributed by atoms with Gasteiger partial charge in [0.05, 0.1) is 33.9 Å². The summed E-state index contributed by atoms with van der Waals surface area (Å²) in [7, 11) is -4.13. The summed E-state index contributed by atoms with van der Waals surface area (Å²) >= 11 is 0. The summed E-state index contributed by atoms with van der Waals surface area (Å²) in [5.74, 6) is 0.547. The highest BCUT2D eigenvalue weighted by Gasteiger charge is 2.30. The molecule has 0 saturated carbocycles. The first-order chi connectivity index (χ1) is 15.6. The number of rotatable bonds is 8. The molecule has 10 heteroatoms. The zero-order valence-corrected chi connectivity index (χ0v) is 18.4. The van der Waals surface area contributed by atoms with Gasteiger partial charge in [0, 0.05) is 5.39 Å². The zero-order chi connectivity index (χ0) is 24.1. The van der Waals surface area contributed by atoms with Crippen LogP contribution < -0.4 is 10.0 Å². The van der Waals surface area contributed by atoms with E-state index in [2.05, 4.69) is 26.7 Å². The maximum absolute atomic E-state index is 12.8. The number of nitrogens with zero attached hydrogens (tertiary/aromatic N) is 2. The number of hydrogen-bond acceptors (Lipinski definition) is 5. The van der Waals surface area contributed by atoms with Gasteiger partial charge in [-0.25, -0.2) is 18.4 Å². The van der Waals surface area contributed by atoms with Crippen molar-refractivity contribution in [2.75, 3.05) is 4.72 Å². The van der Waals surface area contributed by atoms with Crippen molar-refractivity contribution in [2.24, 2.45) is 4.99 Å². The van der Waals surface area contributed by atoms with Gasteiger partial charge >= 0.3 is 6.18 Å². The number of para-hydroxylation sites is 1. The Kier molecular flexibility index (Phi) is 7.17. The molecule has 0 aliphatic rings. The van der Waals surface area contributed by atoms with Gasteiger partial charge in [0.25, 0.3) is 10.0 Å². The molecule has 2 N–H and O–H groups in total. The van der Waals surface area contributed by atoms with Crippen molar-refractivity contribution in [3.8, 4) is 0 Å². The lowest BCUT2D eigenvalue weighted by Gasteiger charge is -2.13. The highest BCUT2D eigenvalue weighted by Crippen LogP contribution is 2.30. The van der Waals surface area contributed by atoms with E-state index in [0.29, 0.717) is 29.0 Å². The van der Waals surface area contributed by atoms with E-state index in [1.54, 1.807) is 36.4 Å². The van der Waals surface area contributed by atoms with E-state index in [0.717, 1.165) is 24.3 Å². The number of nitrogens with one attached hydrogen (secondary N) is 2. The number of alkyl halides is 3. The lowest BCUT2D eigenvalue weighted by Crippen LogP contribution is -2.15. The minimum Gasteiger partial charge on any atom is -0.364 e. The quantitative estimate of drug-likeness (QED) is 0.345. The normalized spacial score (nSPS) is 12.8. The lowest BCUT2D eigenvalue weighted by molar-refractivity contribution is -0.137. The van der Waals surface area contributed by atoms with Gasteiger partial charge in [0.15, 0.2) is 0 Å². The molecule has 0 unspecified atom stereocenters. The topological polar surface area (TPSA) is 83.5 Å². The second-order valence-electron chi connectivity index (χ2n) is 6.90. The highest BCUT2D eigenvalue weighted by molar-refractivity contribution is 7.92. The maximum atomic E-state index is 12.8. The fourth-order valence-corrected chi connectivity index (χ4v) is 4.00. The molecule has 2 aromatic carbocycles. The van der Waals surface area contributed by atoms with Crippen LogP contribution in [0.1, 0.15) is 18.2 Å². The summed E-state index contributed by atoms with van der Waals surface area (Å²) < 4.78 is 66.3. The van der Waals surface area contributed by atoms with E-state index < -0.39 is 21.8 Å². The Morgan fingerprint density at radius 3 is 2.48 bits per heavy atom. The van der Waals surface area contributed by atoms with Crippen LogP contribution in [-0.4, -0.2) is 20.1 Å². The fourth-order valence-electron chi connectivity index (χ4n) is 2.93. The van der Waals surface area contributed by atoms with E-state index in [1.807, 2.05) is 13.0 Å². The fraction of sp³-hybridized carbons (Fsp3) is 0.130. The van der Waals surface area contributed by atoms with Crippen LogP contribution in [0, 0.1) is 0 Å². The van der Waals surface area contributed by atoms with Gasteiger partial charge < -0.3 is 5.32 Å². The summed E-state index contributed by atoms with van der Waals surface area (Å²) in [4.78, 5) is 8.13. The first-order valence-electron chi connectivity index (χ1n) is 9.76. The molecule has 0 amide bonds. The van der Waals surface area contributed by atoms with Gasteiger partial charge in [0.2, 0.25) is 0 Å². The lowest BCUT2D eigenvalue weighted by atomic mass is 10.2. The highest BCUT2D eigenvalue weighted by atomic mass is 32.2. The number of halogens is 3. The third kappa shape index (κ3) is 5.98. The van der Waals surface area contributed by atoms with E-state index in [9.17, 15) is 21.6 Å². The Labute approximate surface area is 189 Å². The second-order valence-corrected chi connectivity index (χ2v) is 8.58. The van der Waals surface area contributed by atoms with Gasteiger partial charge in [-0.1, -0.05) is 30.4 Å². The molecule has 3 aromatic rings. The number of hydrogen-bond donors (Lipinski definition) is 2. The maximum Gasteiger partial charge on any atom is 0.416 e. The minimum atomic E-state index is -4.55. The summed E-state index contributed by atoms with van der Waals surface area (Å²) in [6, 6.07) is 11.9. The van der Waals surface area contributed by atoms with E-state index in [4.69, 9.17) is 0 Å². The number of sulfonamides is 1. The van der Waals surface area contributed by atoms with E-state index in [1.165, 1.54) is 6.07 Å². The van der Waals surface area contributed by atoms with Crippen LogP contribution in [-0.2, 0) is 22.7 Å². The zero-order valence-electron chi connectivity index (χ0n) is 17.6. The molecule has 172 valence electrons. The molecule has 3 rings (SSSR count). The molecule has 0 aliphatic carbocycles. The Morgan fingerprint density at radius 1 is 1.12 bits per heavy atom. The molecule has 1 aromatic heterocycles. The Hall–Kier alpha value is -3.66. The third-order valence-electron chi connectivity index (χ3n) is 4.58. The molecule has 0 spiro atoms. The summed E-state index contributed by atoms with van der Waals surface area (Å²) in [5, 5.41) is 3.78. The number of anilines is 1. The second kappa shape index (κ2) is 9.86. The Bertz CT molecular complexity index is 1320.